The number of rotatable bonds is 12. The number of carbonyl (C=O) groups is 1. The summed E-state index contributed by atoms with van der Waals surface area (Å²) in [7, 11) is -3.46. The van der Waals surface area contributed by atoms with Crippen LogP contribution < -0.4 is 9.62 Å². The molecule has 0 saturated heterocycles. The van der Waals surface area contributed by atoms with E-state index in [1.54, 1.807) is 24.3 Å². The molecule has 0 saturated carbocycles. The zero-order valence-corrected chi connectivity index (χ0v) is 17.6. The van der Waals surface area contributed by atoms with E-state index in [4.69, 9.17) is 11.6 Å². The standard InChI is InChI=1S/C19H31ClN2O3S/c1-4-6-10-16(5-2)15-21-19(23)13-9-14-22(26(3,24)25)18-12-8-7-11-17(18)20/h7-8,11-12,16H,4-6,9-10,13-15H2,1-3H3,(H,21,23)/t16-/m0/s1. The Labute approximate surface area is 163 Å². The first-order valence-corrected chi connectivity index (χ1v) is 11.5. The number of hydrogen-bond acceptors (Lipinski definition) is 3. The fourth-order valence-corrected chi connectivity index (χ4v) is 4.06. The van der Waals surface area contributed by atoms with Crippen molar-refractivity contribution in [2.24, 2.45) is 5.92 Å². The summed E-state index contributed by atoms with van der Waals surface area (Å²) in [6.45, 7) is 5.22. The van der Waals surface area contributed by atoms with E-state index in [9.17, 15) is 13.2 Å². The number of nitrogens with zero attached hydrogens (tertiary/aromatic N) is 1. The Kier molecular flexibility index (Phi) is 10.0. The molecule has 1 aromatic carbocycles. The molecule has 0 aliphatic heterocycles. The second-order valence-electron chi connectivity index (χ2n) is 6.61. The molecule has 1 atom stereocenters. The van der Waals surface area contributed by atoms with Crippen molar-refractivity contribution in [2.75, 3.05) is 23.7 Å². The Morgan fingerprint density at radius 1 is 1.23 bits per heavy atom. The van der Waals surface area contributed by atoms with Crippen LogP contribution in [-0.2, 0) is 14.8 Å². The zero-order chi connectivity index (χ0) is 19.6. The van der Waals surface area contributed by atoms with Crippen LogP contribution in [0.2, 0.25) is 5.02 Å². The molecule has 0 aromatic heterocycles. The molecule has 0 aliphatic rings. The number of benzene rings is 1. The first kappa shape index (κ1) is 22.8. The topological polar surface area (TPSA) is 66.5 Å². The summed E-state index contributed by atoms with van der Waals surface area (Å²) in [4.78, 5) is 12.1. The van der Waals surface area contributed by atoms with Crippen molar-refractivity contribution in [1.82, 2.24) is 5.32 Å². The maximum absolute atomic E-state index is 12.1. The monoisotopic (exact) mass is 402 g/mol. The molecule has 1 N–H and O–H groups in total. The molecule has 0 radical (unpaired) electrons. The maximum atomic E-state index is 12.1. The number of nitrogens with one attached hydrogen (secondary N) is 1. The fourth-order valence-electron chi connectivity index (χ4n) is 2.79. The number of anilines is 1. The summed E-state index contributed by atoms with van der Waals surface area (Å²) in [5.74, 6) is 0.474. The van der Waals surface area contributed by atoms with Gasteiger partial charge in [-0.25, -0.2) is 8.42 Å². The van der Waals surface area contributed by atoms with Crippen LogP contribution in [0.3, 0.4) is 0 Å². The van der Waals surface area contributed by atoms with Gasteiger partial charge >= 0.3 is 0 Å². The van der Waals surface area contributed by atoms with Gasteiger partial charge in [0.05, 0.1) is 17.0 Å². The molecule has 0 unspecified atom stereocenters. The zero-order valence-electron chi connectivity index (χ0n) is 16.0. The van der Waals surface area contributed by atoms with Crippen LogP contribution in [0.1, 0.15) is 52.4 Å². The van der Waals surface area contributed by atoms with Crippen LogP contribution in [0.25, 0.3) is 0 Å². The van der Waals surface area contributed by atoms with Gasteiger partial charge in [0.1, 0.15) is 0 Å². The van der Waals surface area contributed by atoms with Crippen molar-refractivity contribution in [3.8, 4) is 0 Å². The predicted molar refractivity (Wildman–Crippen MR) is 109 cm³/mol. The van der Waals surface area contributed by atoms with Crippen molar-refractivity contribution < 1.29 is 13.2 Å². The lowest BCUT2D eigenvalue weighted by molar-refractivity contribution is -0.121. The third-order valence-corrected chi connectivity index (χ3v) is 5.92. The highest BCUT2D eigenvalue weighted by Gasteiger charge is 2.19. The summed E-state index contributed by atoms with van der Waals surface area (Å²) in [6, 6.07) is 6.82. The van der Waals surface area contributed by atoms with E-state index in [0.29, 0.717) is 36.0 Å². The highest BCUT2D eigenvalue weighted by Crippen LogP contribution is 2.27. The molecule has 0 aliphatic carbocycles. The number of sulfonamides is 1. The number of hydrogen-bond donors (Lipinski definition) is 1. The van der Waals surface area contributed by atoms with E-state index in [-0.39, 0.29) is 12.5 Å². The predicted octanol–water partition coefficient (Wildman–Crippen LogP) is 4.22. The first-order chi connectivity index (χ1) is 12.3. The minimum atomic E-state index is -3.46. The normalized spacial score (nSPS) is 12.6. The average molecular weight is 403 g/mol. The van der Waals surface area contributed by atoms with Crippen LogP contribution >= 0.6 is 11.6 Å². The smallest absolute Gasteiger partial charge is 0.232 e. The third-order valence-electron chi connectivity index (χ3n) is 4.42. The Hall–Kier alpha value is -1.27. The van der Waals surface area contributed by atoms with E-state index in [1.165, 1.54) is 10.7 Å². The Balaban J connectivity index is 2.53. The van der Waals surface area contributed by atoms with Gasteiger partial charge in [-0.1, -0.05) is 56.8 Å². The summed E-state index contributed by atoms with van der Waals surface area (Å²) in [6.07, 6.45) is 6.40. The lowest BCUT2D eigenvalue weighted by Crippen LogP contribution is -2.33. The maximum Gasteiger partial charge on any atom is 0.232 e. The molecule has 1 amide bonds. The van der Waals surface area contributed by atoms with Crippen molar-refractivity contribution in [2.45, 2.75) is 52.4 Å². The number of halogens is 1. The number of para-hydroxylation sites is 1. The Morgan fingerprint density at radius 3 is 2.50 bits per heavy atom. The van der Waals surface area contributed by atoms with Crippen LogP contribution in [0, 0.1) is 5.92 Å². The largest absolute Gasteiger partial charge is 0.356 e. The van der Waals surface area contributed by atoms with Crippen LogP contribution in [0.5, 0.6) is 0 Å². The highest BCUT2D eigenvalue weighted by atomic mass is 35.5. The van der Waals surface area contributed by atoms with Gasteiger partial charge in [-0.15, -0.1) is 0 Å². The second-order valence-corrected chi connectivity index (χ2v) is 8.92. The summed E-state index contributed by atoms with van der Waals surface area (Å²) in [5, 5.41) is 3.35. The number of amides is 1. The molecule has 148 valence electrons. The molecule has 0 spiro atoms. The Morgan fingerprint density at radius 2 is 1.92 bits per heavy atom. The molecular weight excluding hydrogens is 372 g/mol. The van der Waals surface area contributed by atoms with Gasteiger partial charge in [0, 0.05) is 19.5 Å². The Bertz CT molecular complexity index is 665. The van der Waals surface area contributed by atoms with E-state index in [2.05, 4.69) is 19.2 Å². The van der Waals surface area contributed by atoms with E-state index in [1.807, 2.05) is 0 Å². The molecule has 1 rings (SSSR count). The summed E-state index contributed by atoms with van der Waals surface area (Å²) < 4.78 is 25.4. The SMILES string of the molecule is CCCC[C@H](CC)CNC(=O)CCCN(c1ccccc1Cl)S(C)(=O)=O. The van der Waals surface area contributed by atoms with Crippen molar-refractivity contribution in [3.05, 3.63) is 29.3 Å². The summed E-state index contributed by atoms with van der Waals surface area (Å²) >= 11 is 6.12. The lowest BCUT2D eigenvalue weighted by atomic mass is 9.99. The van der Waals surface area contributed by atoms with Crippen LogP contribution in [0.4, 0.5) is 5.69 Å². The lowest BCUT2D eigenvalue weighted by Gasteiger charge is -2.23. The average Bonchev–Trinajstić information content (AvgIpc) is 2.59. The van der Waals surface area contributed by atoms with Crippen molar-refractivity contribution in [3.63, 3.8) is 0 Å². The summed E-state index contributed by atoms with van der Waals surface area (Å²) in [5.41, 5.74) is 0.447. The van der Waals surface area contributed by atoms with Gasteiger partial charge in [-0.2, -0.15) is 0 Å². The second kappa shape index (κ2) is 11.4. The molecular formula is C19H31ClN2O3S. The fraction of sp³-hybridized carbons (Fsp3) is 0.632. The first-order valence-electron chi connectivity index (χ1n) is 9.28. The molecule has 0 fully saturated rings. The van der Waals surface area contributed by atoms with Crippen LogP contribution in [-0.4, -0.2) is 33.7 Å². The molecule has 7 heteroatoms. The molecule has 0 heterocycles. The molecule has 0 bridgehead atoms. The highest BCUT2D eigenvalue weighted by molar-refractivity contribution is 7.92. The third kappa shape index (κ3) is 7.96. The van der Waals surface area contributed by atoms with E-state index in [0.717, 1.165) is 25.5 Å². The quantitative estimate of drug-likeness (QED) is 0.569. The number of unbranched alkanes of at least 4 members (excludes halogenated alkanes) is 1. The van der Waals surface area contributed by atoms with Gasteiger partial charge in [-0.3, -0.25) is 9.10 Å². The van der Waals surface area contributed by atoms with E-state index < -0.39 is 10.0 Å². The van der Waals surface area contributed by atoms with Crippen LogP contribution in [0.15, 0.2) is 24.3 Å². The van der Waals surface area contributed by atoms with Gasteiger partial charge in [-0.05, 0) is 30.9 Å². The number of carbonyl (C=O) groups excluding carboxylic acids is 1. The molecule has 1 aromatic rings. The van der Waals surface area contributed by atoms with E-state index >= 15 is 0 Å². The molecule has 5 nitrogen and oxygen atoms in total. The minimum Gasteiger partial charge on any atom is -0.356 e. The van der Waals surface area contributed by atoms with Crippen molar-refractivity contribution >= 4 is 33.2 Å². The van der Waals surface area contributed by atoms with Gasteiger partial charge in [0.15, 0.2) is 0 Å². The van der Waals surface area contributed by atoms with Crippen molar-refractivity contribution in [1.29, 1.82) is 0 Å². The van der Waals surface area contributed by atoms with Gasteiger partial charge in [0.25, 0.3) is 0 Å². The van der Waals surface area contributed by atoms with Gasteiger partial charge < -0.3 is 5.32 Å². The molecule has 26 heavy (non-hydrogen) atoms. The minimum absolute atomic E-state index is 0.0347. The van der Waals surface area contributed by atoms with Gasteiger partial charge in [0.2, 0.25) is 15.9 Å².